The first kappa shape index (κ1) is 14.0. The second-order valence-electron chi connectivity index (χ2n) is 4.55. The van der Waals surface area contributed by atoms with Gasteiger partial charge in [-0.15, -0.1) is 0 Å². The summed E-state index contributed by atoms with van der Waals surface area (Å²) in [5.41, 5.74) is 1.93. The summed E-state index contributed by atoms with van der Waals surface area (Å²) in [6.07, 6.45) is 0. The van der Waals surface area contributed by atoms with Gasteiger partial charge in [0.15, 0.2) is 5.82 Å². The summed E-state index contributed by atoms with van der Waals surface area (Å²) in [4.78, 5) is 9.16. The van der Waals surface area contributed by atoms with Gasteiger partial charge in [0.25, 0.3) is 0 Å². The molecule has 0 aliphatic carbocycles. The third kappa shape index (κ3) is 2.97. The number of phenols is 1. The molecule has 0 amide bonds. The lowest BCUT2D eigenvalue weighted by Crippen LogP contribution is -2.06. The van der Waals surface area contributed by atoms with E-state index in [1.54, 1.807) is 12.1 Å². The maximum absolute atomic E-state index is 9.34. The van der Waals surface area contributed by atoms with Crippen molar-refractivity contribution in [2.24, 2.45) is 0 Å². The summed E-state index contributed by atoms with van der Waals surface area (Å²) >= 11 is 2.27. The molecule has 0 saturated heterocycles. The zero-order chi connectivity index (χ0) is 14.0. The van der Waals surface area contributed by atoms with Crippen LogP contribution in [0.15, 0.2) is 24.3 Å². The highest BCUT2D eigenvalue weighted by atomic mass is 127. The van der Waals surface area contributed by atoms with Gasteiger partial charge < -0.3 is 10.4 Å². The molecule has 2 aromatic rings. The molecule has 0 saturated carbocycles. The van der Waals surface area contributed by atoms with E-state index in [1.165, 1.54) is 0 Å². The van der Waals surface area contributed by atoms with Crippen LogP contribution in [0.4, 0.5) is 5.82 Å². The van der Waals surface area contributed by atoms with Gasteiger partial charge in [0.05, 0.1) is 9.26 Å². The van der Waals surface area contributed by atoms with E-state index in [0.29, 0.717) is 11.7 Å². The van der Waals surface area contributed by atoms with Crippen molar-refractivity contribution in [3.05, 3.63) is 33.5 Å². The first-order chi connectivity index (χ1) is 9.02. The van der Waals surface area contributed by atoms with Crippen LogP contribution in [0.1, 0.15) is 25.5 Å². The molecule has 100 valence electrons. The number of rotatable bonds is 3. The highest BCUT2D eigenvalue weighted by Gasteiger charge is 2.15. The molecule has 0 radical (unpaired) electrons. The van der Waals surface area contributed by atoms with Gasteiger partial charge >= 0.3 is 0 Å². The first-order valence-electron chi connectivity index (χ1n) is 6.07. The summed E-state index contributed by atoms with van der Waals surface area (Å²) in [6, 6.07) is 6.93. The lowest BCUT2D eigenvalue weighted by molar-refractivity contribution is 0.475. The Labute approximate surface area is 126 Å². The Balaban J connectivity index is 2.57. The molecule has 0 aliphatic heterocycles. The number of nitrogens with zero attached hydrogens (tertiary/aromatic N) is 2. The molecule has 0 aliphatic rings. The van der Waals surface area contributed by atoms with Gasteiger partial charge in [0.2, 0.25) is 0 Å². The van der Waals surface area contributed by atoms with Crippen molar-refractivity contribution >= 4 is 28.4 Å². The fraction of sp³-hybridized carbons (Fsp3) is 0.286. The summed E-state index contributed by atoms with van der Waals surface area (Å²) in [7, 11) is 1.86. The highest BCUT2D eigenvalue weighted by Crippen LogP contribution is 2.28. The number of anilines is 1. The van der Waals surface area contributed by atoms with E-state index in [0.717, 1.165) is 20.6 Å². The van der Waals surface area contributed by atoms with Gasteiger partial charge in [0, 0.05) is 12.6 Å². The topological polar surface area (TPSA) is 58.0 Å². The first-order valence-corrected chi connectivity index (χ1v) is 7.15. The summed E-state index contributed by atoms with van der Waals surface area (Å²) in [5.74, 6) is 2.08. The zero-order valence-corrected chi connectivity index (χ0v) is 13.3. The number of nitrogens with one attached hydrogen (secondary N) is 1. The fourth-order valence-electron chi connectivity index (χ4n) is 1.75. The second kappa shape index (κ2) is 5.73. The fourth-order valence-corrected chi connectivity index (χ4v) is 2.89. The molecule has 1 aromatic heterocycles. The predicted octanol–water partition coefficient (Wildman–Crippen LogP) is 3.62. The van der Waals surface area contributed by atoms with Gasteiger partial charge in [-0.3, -0.25) is 0 Å². The van der Waals surface area contributed by atoms with Crippen molar-refractivity contribution in [2.45, 2.75) is 19.8 Å². The number of hydrogen-bond donors (Lipinski definition) is 2. The minimum Gasteiger partial charge on any atom is -0.508 e. The number of hydrogen-bond acceptors (Lipinski definition) is 4. The van der Waals surface area contributed by atoms with Crippen LogP contribution in [0, 0.1) is 3.57 Å². The SMILES string of the molecule is CNc1nc(-c2ccc(O)cc2)nc(C(C)C)c1I. The molecule has 4 nitrogen and oxygen atoms in total. The van der Waals surface area contributed by atoms with Crippen LogP contribution in [0.25, 0.3) is 11.4 Å². The molecule has 0 spiro atoms. The summed E-state index contributed by atoms with van der Waals surface area (Å²) < 4.78 is 1.05. The van der Waals surface area contributed by atoms with E-state index in [4.69, 9.17) is 0 Å². The molecule has 0 fully saturated rings. The Kier molecular flexibility index (Phi) is 4.24. The standard InChI is InChI=1S/C14H16IN3O/c1-8(2)12-11(15)14(16-3)18-13(17-12)9-4-6-10(19)7-5-9/h4-8,19H,1-3H3,(H,16,17,18). The van der Waals surface area contributed by atoms with Crippen LogP contribution < -0.4 is 5.32 Å². The van der Waals surface area contributed by atoms with Crippen LogP contribution >= 0.6 is 22.6 Å². The third-order valence-corrected chi connectivity index (χ3v) is 3.85. The molecule has 2 rings (SSSR count). The van der Waals surface area contributed by atoms with Crippen LogP contribution in [0.2, 0.25) is 0 Å². The van der Waals surface area contributed by atoms with Crippen molar-refractivity contribution in [2.75, 3.05) is 12.4 Å². The van der Waals surface area contributed by atoms with Crippen LogP contribution in [-0.2, 0) is 0 Å². The van der Waals surface area contributed by atoms with E-state index in [-0.39, 0.29) is 5.75 Å². The van der Waals surface area contributed by atoms with Crippen molar-refractivity contribution in [1.82, 2.24) is 9.97 Å². The minimum absolute atomic E-state index is 0.243. The number of benzene rings is 1. The number of aromatic hydroxyl groups is 1. The maximum Gasteiger partial charge on any atom is 0.161 e. The molecule has 0 bridgehead atoms. The van der Waals surface area contributed by atoms with E-state index in [1.807, 2.05) is 19.2 Å². The second-order valence-corrected chi connectivity index (χ2v) is 5.63. The number of phenolic OH excluding ortho intramolecular Hbond substituents is 1. The van der Waals surface area contributed by atoms with Crippen molar-refractivity contribution in [3.63, 3.8) is 0 Å². The maximum atomic E-state index is 9.34. The molecule has 1 heterocycles. The lowest BCUT2D eigenvalue weighted by Gasteiger charge is -2.13. The molecule has 2 N–H and O–H groups in total. The largest absolute Gasteiger partial charge is 0.508 e. The average Bonchev–Trinajstić information content (AvgIpc) is 2.39. The highest BCUT2D eigenvalue weighted by molar-refractivity contribution is 14.1. The smallest absolute Gasteiger partial charge is 0.161 e. The summed E-state index contributed by atoms with van der Waals surface area (Å²) in [5, 5.41) is 12.4. The Hall–Kier alpha value is -1.37. The molecule has 5 heteroatoms. The normalized spacial score (nSPS) is 10.8. The van der Waals surface area contributed by atoms with Gasteiger partial charge in [-0.2, -0.15) is 0 Å². The van der Waals surface area contributed by atoms with Crippen molar-refractivity contribution in [3.8, 4) is 17.1 Å². The van der Waals surface area contributed by atoms with Crippen molar-refractivity contribution < 1.29 is 5.11 Å². The molecule has 0 atom stereocenters. The molecule has 0 unspecified atom stereocenters. The van der Waals surface area contributed by atoms with Crippen molar-refractivity contribution in [1.29, 1.82) is 0 Å². The van der Waals surface area contributed by atoms with Gasteiger partial charge in [-0.05, 0) is 52.8 Å². The predicted molar refractivity (Wildman–Crippen MR) is 85.5 cm³/mol. The van der Waals surface area contributed by atoms with Gasteiger partial charge in [-0.25, -0.2) is 9.97 Å². The third-order valence-electron chi connectivity index (χ3n) is 2.79. The molecule has 19 heavy (non-hydrogen) atoms. The average molecular weight is 369 g/mol. The van der Waals surface area contributed by atoms with Crippen LogP contribution in [-0.4, -0.2) is 22.1 Å². The minimum atomic E-state index is 0.243. The molecular formula is C14H16IN3O. The monoisotopic (exact) mass is 369 g/mol. The van der Waals surface area contributed by atoms with E-state index in [2.05, 4.69) is 51.7 Å². The Bertz CT molecular complexity index is 582. The van der Waals surface area contributed by atoms with E-state index in [9.17, 15) is 5.11 Å². The zero-order valence-electron chi connectivity index (χ0n) is 11.1. The number of halogens is 1. The Morgan fingerprint density at radius 1 is 1.16 bits per heavy atom. The van der Waals surface area contributed by atoms with Gasteiger partial charge in [0.1, 0.15) is 11.6 Å². The Morgan fingerprint density at radius 2 is 1.79 bits per heavy atom. The summed E-state index contributed by atoms with van der Waals surface area (Å²) in [6.45, 7) is 4.23. The molecule has 1 aromatic carbocycles. The Morgan fingerprint density at radius 3 is 2.32 bits per heavy atom. The van der Waals surface area contributed by atoms with E-state index < -0.39 is 0 Å². The molecular weight excluding hydrogens is 353 g/mol. The van der Waals surface area contributed by atoms with Gasteiger partial charge in [-0.1, -0.05) is 13.8 Å². The number of aromatic nitrogens is 2. The lowest BCUT2D eigenvalue weighted by atomic mass is 10.1. The quantitative estimate of drug-likeness (QED) is 0.812. The van der Waals surface area contributed by atoms with Crippen LogP contribution in [0.3, 0.4) is 0 Å². The van der Waals surface area contributed by atoms with E-state index >= 15 is 0 Å². The van der Waals surface area contributed by atoms with Crippen LogP contribution in [0.5, 0.6) is 5.75 Å².